The van der Waals surface area contributed by atoms with Crippen LogP contribution in [-0.4, -0.2) is 46.3 Å². The molecule has 114 valence electrons. The van der Waals surface area contributed by atoms with Crippen LogP contribution >= 0.6 is 11.8 Å². The summed E-state index contributed by atoms with van der Waals surface area (Å²) in [4.78, 5) is 26.7. The summed E-state index contributed by atoms with van der Waals surface area (Å²) in [5.74, 6) is 1.46. The summed E-state index contributed by atoms with van der Waals surface area (Å²) in [6, 6.07) is -0.626. The minimum absolute atomic E-state index is 0.0200. The van der Waals surface area contributed by atoms with Gasteiger partial charge in [0.25, 0.3) is 0 Å². The van der Waals surface area contributed by atoms with Gasteiger partial charge in [0.1, 0.15) is 12.1 Å². The molecule has 2 aliphatic heterocycles. The quantitative estimate of drug-likeness (QED) is 0.864. The van der Waals surface area contributed by atoms with E-state index in [0.717, 1.165) is 6.54 Å². The third-order valence-electron chi connectivity index (χ3n) is 4.25. The molecule has 3 unspecified atom stereocenters. The zero-order valence-corrected chi connectivity index (χ0v) is 13.5. The van der Waals surface area contributed by atoms with Crippen LogP contribution in [0.2, 0.25) is 0 Å². The predicted molar refractivity (Wildman–Crippen MR) is 82.7 cm³/mol. The Hall–Kier alpha value is -0.710. The van der Waals surface area contributed by atoms with E-state index >= 15 is 0 Å². The number of thioether (sulfide) groups is 1. The molecule has 0 aromatic rings. The largest absolute Gasteiger partial charge is 0.342 e. The summed E-state index contributed by atoms with van der Waals surface area (Å²) in [6.07, 6.45) is 4.39. The Morgan fingerprint density at radius 2 is 2.10 bits per heavy atom. The number of nitrogens with zero attached hydrogens (tertiary/aromatic N) is 1. The molecule has 4 nitrogen and oxygen atoms in total. The molecule has 2 heterocycles. The summed E-state index contributed by atoms with van der Waals surface area (Å²) in [6.45, 7) is 6.69. The summed E-state index contributed by atoms with van der Waals surface area (Å²) in [5, 5.41) is 3.40. The van der Waals surface area contributed by atoms with Crippen molar-refractivity contribution in [2.75, 3.05) is 12.3 Å². The van der Waals surface area contributed by atoms with Gasteiger partial charge in [0.15, 0.2) is 0 Å². The zero-order chi connectivity index (χ0) is 14.7. The maximum atomic E-state index is 12.7. The second-order valence-electron chi connectivity index (χ2n) is 6.13. The molecule has 3 atom stereocenters. The molecule has 0 aromatic heterocycles. The van der Waals surface area contributed by atoms with Gasteiger partial charge in [-0.2, -0.15) is 11.8 Å². The fourth-order valence-electron chi connectivity index (χ4n) is 3.03. The molecule has 5 heteroatoms. The fourth-order valence-corrected chi connectivity index (χ4v) is 4.33. The normalized spacial score (nSPS) is 31.6. The topological polar surface area (TPSA) is 49.4 Å². The Balaban J connectivity index is 2.11. The standard InChI is InChI=1S/C15H26N2O2S/c1-4-12-14(18)16-13(10(2)3)15(19)17(12)9-11-7-5-6-8-20-11/h10-13H,4-9H2,1-3H3,(H,16,18). The van der Waals surface area contributed by atoms with Crippen molar-refractivity contribution in [3.05, 3.63) is 0 Å². The van der Waals surface area contributed by atoms with Gasteiger partial charge in [-0.25, -0.2) is 0 Å². The number of carbonyl (C=O) groups is 2. The number of hydrogen-bond donors (Lipinski definition) is 1. The first-order valence-corrected chi connectivity index (χ1v) is 8.82. The van der Waals surface area contributed by atoms with Crippen molar-refractivity contribution < 1.29 is 9.59 Å². The number of rotatable bonds is 4. The van der Waals surface area contributed by atoms with Gasteiger partial charge in [-0.3, -0.25) is 9.59 Å². The highest BCUT2D eigenvalue weighted by Crippen LogP contribution is 2.28. The number of nitrogens with one attached hydrogen (secondary N) is 1. The smallest absolute Gasteiger partial charge is 0.246 e. The monoisotopic (exact) mass is 298 g/mol. The van der Waals surface area contributed by atoms with Gasteiger partial charge < -0.3 is 10.2 Å². The van der Waals surface area contributed by atoms with Gasteiger partial charge in [-0.15, -0.1) is 0 Å². The van der Waals surface area contributed by atoms with E-state index in [1.165, 1.54) is 25.0 Å². The SMILES string of the molecule is CCC1C(=O)NC(C(C)C)C(=O)N1CC1CCCCS1. The Labute approximate surface area is 126 Å². The van der Waals surface area contributed by atoms with Gasteiger partial charge in [-0.05, 0) is 30.9 Å². The van der Waals surface area contributed by atoms with E-state index in [2.05, 4.69) is 5.32 Å². The molecule has 2 amide bonds. The first-order valence-electron chi connectivity index (χ1n) is 7.77. The van der Waals surface area contributed by atoms with E-state index in [0.29, 0.717) is 11.7 Å². The van der Waals surface area contributed by atoms with Crippen LogP contribution in [-0.2, 0) is 9.59 Å². The minimum atomic E-state index is -0.348. The molecule has 2 fully saturated rings. The molecular weight excluding hydrogens is 272 g/mol. The maximum absolute atomic E-state index is 12.7. The highest BCUT2D eigenvalue weighted by Gasteiger charge is 2.41. The van der Waals surface area contributed by atoms with Crippen LogP contribution in [0.25, 0.3) is 0 Å². The fraction of sp³-hybridized carbons (Fsp3) is 0.867. The lowest BCUT2D eigenvalue weighted by atomic mass is 9.96. The molecule has 2 saturated heterocycles. The van der Waals surface area contributed by atoms with E-state index in [-0.39, 0.29) is 29.8 Å². The van der Waals surface area contributed by atoms with E-state index < -0.39 is 0 Å². The Morgan fingerprint density at radius 3 is 2.65 bits per heavy atom. The van der Waals surface area contributed by atoms with Gasteiger partial charge in [0, 0.05) is 11.8 Å². The van der Waals surface area contributed by atoms with Gasteiger partial charge in [-0.1, -0.05) is 27.2 Å². The Bertz CT molecular complexity index is 367. The number of hydrogen-bond acceptors (Lipinski definition) is 3. The average molecular weight is 298 g/mol. The van der Waals surface area contributed by atoms with Crippen LogP contribution in [0.5, 0.6) is 0 Å². The third-order valence-corrected chi connectivity index (χ3v) is 5.63. The van der Waals surface area contributed by atoms with Gasteiger partial charge in [0.05, 0.1) is 0 Å². The van der Waals surface area contributed by atoms with Gasteiger partial charge in [0.2, 0.25) is 11.8 Å². The predicted octanol–water partition coefficient (Wildman–Crippen LogP) is 2.03. The second kappa shape index (κ2) is 6.83. The zero-order valence-electron chi connectivity index (χ0n) is 12.7. The molecule has 0 saturated carbocycles. The van der Waals surface area contributed by atoms with E-state index in [1.54, 1.807) is 0 Å². The number of amides is 2. The summed E-state index contributed by atoms with van der Waals surface area (Å²) < 4.78 is 0. The third kappa shape index (κ3) is 3.30. The van der Waals surface area contributed by atoms with Crippen LogP contribution in [0.1, 0.15) is 46.5 Å². The van der Waals surface area contributed by atoms with E-state index in [4.69, 9.17) is 0 Å². The molecule has 0 aromatic carbocycles. The molecule has 0 radical (unpaired) electrons. The van der Waals surface area contributed by atoms with Gasteiger partial charge >= 0.3 is 0 Å². The highest BCUT2D eigenvalue weighted by atomic mass is 32.2. The first-order chi connectivity index (χ1) is 9.54. The van der Waals surface area contributed by atoms with Crippen molar-refractivity contribution in [3.63, 3.8) is 0 Å². The van der Waals surface area contributed by atoms with Crippen LogP contribution in [0, 0.1) is 5.92 Å². The van der Waals surface area contributed by atoms with Crippen molar-refractivity contribution in [1.29, 1.82) is 0 Å². The lowest BCUT2D eigenvalue weighted by molar-refractivity contribution is -0.150. The van der Waals surface area contributed by atoms with Crippen molar-refractivity contribution in [2.45, 2.75) is 63.8 Å². The second-order valence-corrected chi connectivity index (χ2v) is 7.54. The Kier molecular flexibility index (Phi) is 5.35. The van der Waals surface area contributed by atoms with Crippen LogP contribution < -0.4 is 5.32 Å². The van der Waals surface area contributed by atoms with Crippen LogP contribution in [0.3, 0.4) is 0 Å². The molecule has 2 rings (SSSR count). The lowest BCUT2D eigenvalue weighted by Crippen LogP contribution is -2.65. The molecule has 2 aliphatic rings. The number of piperazine rings is 1. The van der Waals surface area contributed by atoms with Crippen LogP contribution in [0.4, 0.5) is 0 Å². The maximum Gasteiger partial charge on any atom is 0.246 e. The lowest BCUT2D eigenvalue weighted by Gasteiger charge is -2.41. The molecular formula is C15H26N2O2S. The highest BCUT2D eigenvalue weighted by molar-refractivity contribution is 7.99. The average Bonchev–Trinajstić information content (AvgIpc) is 2.43. The molecule has 1 N–H and O–H groups in total. The molecule has 0 spiro atoms. The summed E-state index contributed by atoms with van der Waals surface area (Å²) in [7, 11) is 0. The molecule has 20 heavy (non-hydrogen) atoms. The van der Waals surface area contributed by atoms with Crippen molar-refractivity contribution >= 4 is 23.6 Å². The summed E-state index contributed by atoms with van der Waals surface area (Å²) in [5.41, 5.74) is 0. The van der Waals surface area contributed by atoms with Crippen LogP contribution in [0.15, 0.2) is 0 Å². The molecule has 0 bridgehead atoms. The Morgan fingerprint density at radius 1 is 1.35 bits per heavy atom. The van der Waals surface area contributed by atoms with E-state index in [1.807, 2.05) is 37.4 Å². The van der Waals surface area contributed by atoms with Crippen molar-refractivity contribution in [2.24, 2.45) is 5.92 Å². The van der Waals surface area contributed by atoms with Crippen molar-refractivity contribution in [1.82, 2.24) is 10.2 Å². The van der Waals surface area contributed by atoms with E-state index in [9.17, 15) is 9.59 Å². The van der Waals surface area contributed by atoms with Crippen molar-refractivity contribution in [3.8, 4) is 0 Å². The minimum Gasteiger partial charge on any atom is -0.342 e. The number of carbonyl (C=O) groups excluding carboxylic acids is 2. The summed E-state index contributed by atoms with van der Waals surface area (Å²) >= 11 is 1.96. The molecule has 0 aliphatic carbocycles. The first kappa shape index (κ1) is 15.7.